The van der Waals surface area contributed by atoms with Crippen molar-refractivity contribution in [3.8, 4) is 12.3 Å². The molecule has 0 saturated carbocycles. The number of nitrogens with zero attached hydrogens (tertiary/aromatic N) is 1. The van der Waals surface area contributed by atoms with Crippen LogP contribution >= 0.6 is 0 Å². The van der Waals surface area contributed by atoms with Crippen molar-refractivity contribution in [2.75, 3.05) is 19.7 Å². The molecule has 0 aliphatic heterocycles. The number of carboxylic acid groups (broad SMARTS) is 1. The number of aliphatic carboxylic acids is 1. The quantitative estimate of drug-likeness (QED) is 0.519. The van der Waals surface area contributed by atoms with Gasteiger partial charge in [0.1, 0.15) is 6.61 Å². The highest BCUT2D eigenvalue weighted by molar-refractivity contribution is 5.70. The van der Waals surface area contributed by atoms with E-state index in [0.717, 1.165) is 4.90 Å². The standard InChI is InChI=1S/C10H13NO4/c1-3-6-11(7-5-9(12)13)10(14)15-8-4-2/h1,4H,2,5-8H2,(H,12,13). The van der Waals surface area contributed by atoms with Crippen LogP contribution in [0.5, 0.6) is 0 Å². The highest BCUT2D eigenvalue weighted by Gasteiger charge is 2.14. The lowest BCUT2D eigenvalue weighted by Gasteiger charge is -2.18. The SMILES string of the molecule is C#CCN(CCC(=O)O)C(=O)OCC=C. The van der Waals surface area contributed by atoms with Crippen molar-refractivity contribution in [2.45, 2.75) is 6.42 Å². The minimum atomic E-state index is -0.992. The predicted molar refractivity (Wildman–Crippen MR) is 54.2 cm³/mol. The Labute approximate surface area is 88.3 Å². The molecule has 0 atom stereocenters. The Hall–Kier alpha value is -1.96. The molecule has 1 N–H and O–H groups in total. The van der Waals surface area contributed by atoms with Crippen molar-refractivity contribution in [3.63, 3.8) is 0 Å². The zero-order valence-corrected chi connectivity index (χ0v) is 8.31. The Morgan fingerprint density at radius 3 is 2.73 bits per heavy atom. The van der Waals surface area contributed by atoms with Crippen molar-refractivity contribution < 1.29 is 19.4 Å². The third kappa shape index (κ3) is 6.16. The summed E-state index contributed by atoms with van der Waals surface area (Å²) in [5, 5.41) is 8.44. The molecule has 5 heteroatoms. The first-order valence-electron chi connectivity index (χ1n) is 4.29. The summed E-state index contributed by atoms with van der Waals surface area (Å²) in [6.45, 7) is 3.53. The van der Waals surface area contributed by atoms with E-state index in [1.165, 1.54) is 6.08 Å². The summed E-state index contributed by atoms with van der Waals surface area (Å²) in [6, 6.07) is 0. The molecule has 0 aromatic carbocycles. The van der Waals surface area contributed by atoms with Gasteiger partial charge in [0.05, 0.1) is 13.0 Å². The number of carbonyl (C=O) groups excluding carboxylic acids is 1. The van der Waals surface area contributed by atoms with Crippen molar-refractivity contribution >= 4 is 12.1 Å². The summed E-state index contributed by atoms with van der Waals surface area (Å²) in [5.41, 5.74) is 0. The lowest BCUT2D eigenvalue weighted by atomic mass is 10.4. The molecule has 0 unspecified atom stereocenters. The largest absolute Gasteiger partial charge is 0.481 e. The van der Waals surface area contributed by atoms with E-state index in [0.29, 0.717) is 0 Å². The number of ether oxygens (including phenoxy) is 1. The number of terminal acetylenes is 1. The van der Waals surface area contributed by atoms with Gasteiger partial charge in [-0.05, 0) is 0 Å². The first-order chi connectivity index (χ1) is 7.11. The van der Waals surface area contributed by atoms with E-state index in [4.69, 9.17) is 16.3 Å². The maximum Gasteiger partial charge on any atom is 0.410 e. The fourth-order valence-corrected chi connectivity index (χ4v) is 0.797. The van der Waals surface area contributed by atoms with E-state index in [9.17, 15) is 9.59 Å². The second-order valence-electron chi connectivity index (χ2n) is 2.64. The number of hydrogen-bond donors (Lipinski definition) is 1. The third-order valence-electron chi connectivity index (χ3n) is 1.46. The van der Waals surface area contributed by atoms with Crippen LogP contribution < -0.4 is 0 Å². The molecule has 5 nitrogen and oxygen atoms in total. The first kappa shape index (κ1) is 13.0. The molecular weight excluding hydrogens is 198 g/mol. The van der Waals surface area contributed by atoms with Gasteiger partial charge < -0.3 is 9.84 Å². The van der Waals surface area contributed by atoms with Gasteiger partial charge in [0, 0.05) is 6.54 Å². The molecule has 0 aromatic rings. The topological polar surface area (TPSA) is 66.8 Å². The van der Waals surface area contributed by atoms with Gasteiger partial charge in [0.2, 0.25) is 0 Å². The van der Waals surface area contributed by atoms with Crippen molar-refractivity contribution in [2.24, 2.45) is 0 Å². The van der Waals surface area contributed by atoms with Crippen LogP contribution in [0.3, 0.4) is 0 Å². The van der Waals surface area contributed by atoms with Crippen molar-refractivity contribution in [1.29, 1.82) is 0 Å². The first-order valence-corrected chi connectivity index (χ1v) is 4.29. The highest BCUT2D eigenvalue weighted by Crippen LogP contribution is 1.96. The summed E-state index contributed by atoms with van der Waals surface area (Å²) in [6.07, 6.45) is 5.66. The fourth-order valence-electron chi connectivity index (χ4n) is 0.797. The predicted octanol–water partition coefficient (Wildman–Crippen LogP) is 0.719. The summed E-state index contributed by atoms with van der Waals surface area (Å²) in [7, 11) is 0. The lowest BCUT2D eigenvalue weighted by Crippen LogP contribution is -2.33. The Balaban J connectivity index is 4.12. The average Bonchev–Trinajstić information content (AvgIpc) is 2.20. The molecule has 82 valence electrons. The monoisotopic (exact) mass is 211 g/mol. The molecule has 0 aromatic heterocycles. The van der Waals surface area contributed by atoms with E-state index in [1.807, 2.05) is 0 Å². The van der Waals surface area contributed by atoms with Crippen LogP contribution in [0, 0.1) is 12.3 Å². The Bertz CT molecular complexity index is 280. The molecule has 0 rings (SSSR count). The van der Waals surface area contributed by atoms with Gasteiger partial charge >= 0.3 is 12.1 Å². The van der Waals surface area contributed by atoms with Crippen LogP contribution in [-0.4, -0.2) is 41.8 Å². The van der Waals surface area contributed by atoms with Gasteiger partial charge in [-0.25, -0.2) is 4.79 Å². The second kappa shape index (κ2) is 7.44. The zero-order chi connectivity index (χ0) is 11.7. The minimum absolute atomic E-state index is 0.0310. The van der Waals surface area contributed by atoms with E-state index in [-0.39, 0.29) is 26.1 Å². The smallest absolute Gasteiger partial charge is 0.410 e. The van der Waals surface area contributed by atoms with E-state index < -0.39 is 12.1 Å². The van der Waals surface area contributed by atoms with Crippen LogP contribution in [0.2, 0.25) is 0 Å². The maximum absolute atomic E-state index is 11.3. The second-order valence-corrected chi connectivity index (χ2v) is 2.64. The summed E-state index contributed by atoms with van der Waals surface area (Å²) >= 11 is 0. The molecule has 15 heavy (non-hydrogen) atoms. The molecule has 0 spiro atoms. The van der Waals surface area contributed by atoms with Crippen molar-refractivity contribution in [1.82, 2.24) is 4.90 Å². The summed E-state index contributed by atoms with van der Waals surface area (Å²) in [5.74, 6) is 1.26. The van der Waals surface area contributed by atoms with Gasteiger partial charge in [0.25, 0.3) is 0 Å². The Morgan fingerprint density at radius 1 is 1.60 bits per heavy atom. The molecule has 1 amide bonds. The van der Waals surface area contributed by atoms with Crippen LogP contribution in [0.15, 0.2) is 12.7 Å². The highest BCUT2D eigenvalue weighted by atomic mass is 16.6. The molecule has 0 aliphatic carbocycles. The van der Waals surface area contributed by atoms with E-state index in [2.05, 4.69) is 12.5 Å². The van der Waals surface area contributed by atoms with Gasteiger partial charge in [-0.2, -0.15) is 0 Å². The normalized spacial score (nSPS) is 8.73. The minimum Gasteiger partial charge on any atom is -0.481 e. The van der Waals surface area contributed by atoms with Crippen LogP contribution in [0.1, 0.15) is 6.42 Å². The zero-order valence-electron chi connectivity index (χ0n) is 8.31. The van der Waals surface area contributed by atoms with E-state index >= 15 is 0 Å². The third-order valence-corrected chi connectivity index (χ3v) is 1.46. The average molecular weight is 211 g/mol. The molecule has 0 fully saturated rings. The number of rotatable bonds is 6. The fraction of sp³-hybridized carbons (Fsp3) is 0.400. The van der Waals surface area contributed by atoms with Gasteiger partial charge in [-0.1, -0.05) is 18.6 Å². The van der Waals surface area contributed by atoms with Gasteiger partial charge in [-0.15, -0.1) is 6.42 Å². The number of hydrogen-bond acceptors (Lipinski definition) is 3. The molecule has 0 saturated heterocycles. The van der Waals surface area contributed by atoms with Crippen LogP contribution in [0.4, 0.5) is 4.79 Å². The summed E-state index contributed by atoms with van der Waals surface area (Å²) < 4.78 is 4.72. The van der Waals surface area contributed by atoms with Crippen molar-refractivity contribution in [3.05, 3.63) is 12.7 Å². The Kier molecular flexibility index (Phi) is 6.47. The van der Waals surface area contributed by atoms with Crippen LogP contribution in [-0.2, 0) is 9.53 Å². The van der Waals surface area contributed by atoms with Crippen LogP contribution in [0.25, 0.3) is 0 Å². The number of carbonyl (C=O) groups is 2. The molecule has 0 radical (unpaired) electrons. The maximum atomic E-state index is 11.3. The number of carboxylic acids is 1. The molecule has 0 heterocycles. The molecule has 0 aliphatic rings. The molecular formula is C10H13NO4. The molecule has 0 bridgehead atoms. The lowest BCUT2D eigenvalue weighted by molar-refractivity contribution is -0.137. The Morgan fingerprint density at radius 2 is 2.27 bits per heavy atom. The van der Waals surface area contributed by atoms with Gasteiger partial charge in [0.15, 0.2) is 0 Å². The van der Waals surface area contributed by atoms with Gasteiger partial charge in [-0.3, -0.25) is 9.69 Å². The van der Waals surface area contributed by atoms with E-state index in [1.54, 1.807) is 0 Å². The number of amides is 1. The summed E-state index contributed by atoms with van der Waals surface area (Å²) in [4.78, 5) is 22.7.